The van der Waals surface area contributed by atoms with Crippen LogP contribution in [0.5, 0.6) is 0 Å². The van der Waals surface area contributed by atoms with E-state index in [1.807, 2.05) is 42.8 Å². The molecule has 0 aliphatic heterocycles. The van der Waals surface area contributed by atoms with Crippen LogP contribution < -0.4 is 5.32 Å². The van der Waals surface area contributed by atoms with Crippen molar-refractivity contribution in [3.63, 3.8) is 0 Å². The molecule has 0 aliphatic rings. The molecule has 2 N–H and O–H groups in total. The second kappa shape index (κ2) is 10.9. The third-order valence-electron chi connectivity index (χ3n) is 3.48. The molecule has 1 amide bonds. The lowest BCUT2D eigenvalue weighted by Crippen LogP contribution is -2.45. The van der Waals surface area contributed by atoms with E-state index in [0.717, 1.165) is 5.56 Å². The van der Waals surface area contributed by atoms with Crippen LogP contribution in [0, 0.1) is 5.92 Å². The molecule has 0 saturated heterocycles. The average Bonchev–Trinajstić information content (AvgIpc) is 2.56. The molecule has 23 heavy (non-hydrogen) atoms. The van der Waals surface area contributed by atoms with Gasteiger partial charge in [0.2, 0.25) is 5.91 Å². The fourth-order valence-corrected chi connectivity index (χ4v) is 3.97. The van der Waals surface area contributed by atoms with Gasteiger partial charge in [0, 0.05) is 5.75 Å². The predicted octanol–water partition coefficient (Wildman–Crippen LogP) is 2.79. The van der Waals surface area contributed by atoms with Gasteiger partial charge in [-0.05, 0) is 30.9 Å². The third-order valence-corrected chi connectivity index (χ3v) is 6.52. The summed E-state index contributed by atoms with van der Waals surface area (Å²) in [6.07, 6.45) is 4.83. The van der Waals surface area contributed by atoms with Crippen molar-refractivity contribution in [1.82, 2.24) is 5.32 Å². The fourth-order valence-electron chi connectivity index (χ4n) is 2.13. The first-order chi connectivity index (χ1) is 11.0. The molecule has 0 radical (unpaired) electrons. The van der Waals surface area contributed by atoms with Crippen LogP contribution in [0.3, 0.4) is 0 Å². The number of nitrogens with one attached hydrogen (secondary N) is 1. The van der Waals surface area contributed by atoms with Crippen LogP contribution in [0.2, 0.25) is 0 Å². The van der Waals surface area contributed by atoms with Gasteiger partial charge in [0.05, 0.1) is 10.5 Å². The van der Waals surface area contributed by atoms with E-state index in [0.29, 0.717) is 18.6 Å². The van der Waals surface area contributed by atoms with Gasteiger partial charge in [-0.25, -0.2) is 4.79 Å². The number of hydrogen-bond donors (Lipinski definition) is 3. The summed E-state index contributed by atoms with van der Waals surface area (Å²) in [5.74, 6) is -1.22. The van der Waals surface area contributed by atoms with E-state index in [2.05, 4.69) is 17.9 Å². The number of hydrogen-bond acceptors (Lipinski definition) is 5. The fraction of sp³-hybridized carbons (Fsp3) is 0.500. The van der Waals surface area contributed by atoms with Crippen LogP contribution in [0.4, 0.5) is 0 Å². The summed E-state index contributed by atoms with van der Waals surface area (Å²) in [4.78, 5) is 23.8. The van der Waals surface area contributed by atoms with E-state index in [1.165, 1.54) is 0 Å². The van der Waals surface area contributed by atoms with Gasteiger partial charge in [-0.2, -0.15) is 36.2 Å². The first-order valence-electron chi connectivity index (χ1n) is 7.25. The molecular weight excluding hydrogens is 350 g/mol. The number of carboxylic acid groups (broad SMARTS) is 1. The van der Waals surface area contributed by atoms with E-state index >= 15 is 0 Å². The molecule has 0 bridgehead atoms. The van der Waals surface area contributed by atoms with Gasteiger partial charge < -0.3 is 10.4 Å². The van der Waals surface area contributed by atoms with Crippen molar-refractivity contribution in [2.75, 3.05) is 18.3 Å². The second-order valence-electron chi connectivity index (χ2n) is 5.11. The minimum Gasteiger partial charge on any atom is -0.480 e. The summed E-state index contributed by atoms with van der Waals surface area (Å²) in [5.41, 5.74) is 1.04. The molecule has 2 atom stereocenters. The Labute approximate surface area is 151 Å². The summed E-state index contributed by atoms with van der Waals surface area (Å²) in [6, 6.07) is 8.80. The van der Waals surface area contributed by atoms with E-state index in [9.17, 15) is 14.7 Å². The number of aliphatic carboxylic acids is 1. The van der Waals surface area contributed by atoms with Gasteiger partial charge in [-0.15, -0.1) is 0 Å². The molecule has 4 nitrogen and oxygen atoms in total. The van der Waals surface area contributed by atoms with Crippen LogP contribution in [0.15, 0.2) is 30.3 Å². The highest BCUT2D eigenvalue weighted by Crippen LogP contribution is 2.24. The Morgan fingerprint density at radius 2 is 1.83 bits per heavy atom. The SMILES string of the molecule is CSC(C[C@H](NC(=O)C(CS)Cc1ccccc1)C(=O)O)SC. The first-order valence-corrected chi connectivity index (χ1v) is 10.5. The average molecular weight is 374 g/mol. The zero-order valence-corrected chi connectivity index (χ0v) is 15.8. The maximum Gasteiger partial charge on any atom is 0.326 e. The van der Waals surface area contributed by atoms with Crippen molar-refractivity contribution in [2.45, 2.75) is 23.5 Å². The summed E-state index contributed by atoms with van der Waals surface area (Å²) in [5, 5.41) is 12.0. The van der Waals surface area contributed by atoms with Crippen LogP contribution in [0.1, 0.15) is 12.0 Å². The van der Waals surface area contributed by atoms with Gasteiger partial charge in [0.15, 0.2) is 0 Å². The van der Waals surface area contributed by atoms with Crippen LogP contribution in [-0.4, -0.2) is 45.9 Å². The number of carbonyl (C=O) groups is 2. The number of benzene rings is 1. The van der Waals surface area contributed by atoms with Crippen LogP contribution in [0.25, 0.3) is 0 Å². The molecule has 1 unspecified atom stereocenters. The van der Waals surface area contributed by atoms with Gasteiger partial charge >= 0.3 is 5.97 Å². The van der Waals surface area contributed by atoms with Gasteiger partial charge in [0.1, 0.15) is 6.04 Å². The highest BCUT2D eigenvalue weighted by Gasteiger charge is 2.27. The van der Waals surface area contributed by atoms with Crippen molar-refractivity contribution in [2.24, 2.45) is 5.92 Å². The van der Waals surface area contributed by atoms with Crippen molar-refractivity contribution in [3.05, 3.63) is 35.9 Å². The predicted molar refractivity (Wildman–Crippen MR) is 102 cm³/mol. The Morgan fingerprint density at radius 3 is 2.30 bits per heavy atom. The number of thiol groups is 1. The molecule has 0 fully saturated rings. The standard InChI is InChI=1S/C16H23NO3S3/c1-22-14(23-2)9-13(16(19)20)17-15(18)12(10-21)8-11-6-4-3-5-7-11/h3-7,12-14,21H,8-10H2,1-2H3,(H,17,18)(H,19,20)/t12?,13-/m0/s1. The van der Waals surface area contributed by atoms with Gasteiger partial charge in [0.25, 0.3) is 0 Å². The van der Waals surface area contributed by atoms with Crippen molar-refractivity contribution >= 4 is 48.0 Å². The molecule has 0 aliphatic carbocycles. The summed E-state index contributed by atoms with van der Waals surface area (Å²) < 4.78 is 0.139. The second-order valence-corrected chi connectivity index (χ2v) is 7.85. The zero-order valence-electron chi connectivity index (χ0n) is 13.3. The quantitative estimate of drug-likeness (QED) is 0.435. The lowest BCUT2D eigenvalue weighted by Gasteiger charge is -2.22. The number of amides is 1. The Morgan fingerprint density at radius 1 is 1.22 bits per heavy atom. The first kappa shape index (κ1) is 20.3. The van der Waals surface area contributed by atoms with E-state index < -0.39 is 12.0 Å². The van der Waals surface area contributed by atoms with Crippen LogP contribution in [-0.2, 0) is 16.0 Å². The summed E-state index contributed by atoms with van der Waals surface area (Å²) >= 11 is 7.44. The molecule has 0 spiro atoms. The van der Waals surface area contributed by atoms with E-state index in [1.54, 1.807) is 23.5 Å². The summed E-state index contributed by atoms with van der Waals surface area (Å²) in [7, 11) is 0. The minimum atomic E-state index is -0.996. The van der Waals surface area contributed by atoms with Gasteiger partial charge in [-0.3, -0.25) is 4.79 Å². The van der Waals surface area contributed by atoms with Crippen molar-refractivity contribution < 1.29 is 14.7 Å². The maximum absolute atomic E-state index is 12.4. The molecule has 1 rings (SSSR count). The molecule has 0 heterocycles. The van der Waals surface area contributed by atoms with Crippen molar-refractivity contribution in [3.8, 4) is 0 Å². The minimum absolute atomic E-state index is 0.139. The highest BCUT2D eigenvalue weighted by atomic mass is 32.2. The van der Waals surface area contributed by atoms with Crippen LogP contribution >= 0.6 is 36.2 Å². The molecule has 128 valence electrons. The molecule has 1 aromatic carbocycles. The van der Waals surface area contributed by atoms with Crippen molar-refractivity contribution in [1.29, 1.82) is 0 Å². The Balaban J connectivity index is 2.69. The number of carbonyl (C=O) groups excluding carboxylic acids is 1. The largest absolute Gasteiger partial charge is 0.480 e. The number of thioether (sulfide) groups is 2. The Bertz CT molecular complexity index is 495. The lowest BCUT2D eigenvalue weighted by atomic mass is 9.99. The van der Waals surface area contributed by atoms with Gasteiger partial charge in [-0.1, -0.05) is 30.3 Å². The molecule has 1 aromatic rings. The molecule has 0 saturated carbocycles. The number of carboxylic acids is 1. The Kier molecular flexibility index (Phi) is 9.59. The molecular formula is C16H23NO3S3. The topological polar surface area (TPSA) is 66.4 Å². The molecule has 0 aromatic heterocycles. The number of rotatable bonds is 10. The lowest BCUT2D eigenvalue weighted by molar-refractivity contribution is -0.142. The monoisotopic (exact) mass is 373 g/mol. The highest BCUT2D eigenvalue weighted by molar-refractivity contribution is 8.16. The summed E-state index contributed by atoms with van der Waals surface area (Å²) in [6.45, 7) is 0. The normalized spacial score (nSPS) is 13.6. The van der Waals surface area contributed by atoms with E-state index in [4.69, 9.17) is 0 Å². The maximum atomic E-state index is 12.4. The zero-order chi connectivity index (χ0) is 17.2. The Hall–Kier alpha value is -0.790. The van der Waals surface area contributed by atoms with E-state index in [-0.39, 0.29) is 16.4 Å². The smallest absolute Gasteiger partial charge is 0.326 e. The third kappa shape index (κ3) is 7.10. The molecule has 7 heteroatoms.